The number of nitrogens with zero attached hydrogens (tertiary/aromatic N) is 2. The Morgan fingerprint density at radius 3 is 2.38 bits per heavy atom. The van der Waals surface area contributed by atoms with Crippen molar-refractivity contribution in [3.8, 4) is 6.07 Å². The fourth-order valence-corrected chi connectivity index (χ4v) is 2.53. The van der Waals surface area contributed by atoms with Crippen molar-refractivity contribution >= 4 is 46.2 Å². The van der Waals surface area contributed by atoms with Gasteiger partial charge in [-0.15, -0.1) is 0 Å². The summed E-state index contributed by atoms with van der Waals surface area (Å²) in [6, 6.07) is 17.4. The predicted octanol–water partition coefficient (Wildman–Crippen LogP) is 5.26. The molecule has 0 aliphatic rings. The van der Waals surface area contributed by atoms with Gasteiger partial charge in [-0.1, -0.05) is 29.3 Å². The van der Waals surface area contributed by atoms with E-state index in [0.29, 0.717) is 22.0 Å². The Balaban J connectivity index is 1.69. The molecule has 0 aliphatic heterocycles. The van der Waals surface area contributed by atoms with E-state index in [9.17, 15) is 4.79 Å². The number of amides is 1. The Bertz CT molecular complexity index is 980. The number of aromatic nitrogens is 1. The quantitative estimate of drug-likeness (QED) is 0.645. The summed E-state index contributed by atoms with van der Waals surface area (Å²) in [6.07, 6.45) is 1.55. The molecule has 2 aromatic carbocycles. The highest BCUT2D eigenvalue weighted by atomic mass is 35.5. The van der Waals surface area contributed by atoms with Crippen LogP contribution < -0.4 is 10.6 Å². The van der Waals surface area contributed by atoms with Gasteiger partial charge in [0.15, 0.2) is 0 Å². The summed E-state index contributed by atoms with van der Waals surface area (Å²) in [5.41, 5.74) is 2.78. The number of rotatable bonds is 4. The molecule has 0 fully saturated rings. The fourth-order valence-electron chi connectivity index (χ4n) is 2.18. The first-order valence-corrected chi connectivity index (χ1v) is 8.31. The number of pyridine rings is 1. The first-order valence-electron chi connectivity index (χ1n) is 7.55. The highest BCUT2D eigenvalue weighted by molar-refractivity contribution is 6.44. The zero-order valence-electron chi connectivity index (χ0n) is 13.3. The van der Waals surface area contributed by atoms with Gasteiger partial charge in [-0.25, -0.2) is 4.98 Å². The number of nitriles is 1. The molecule has 5 nitrogen and oxygen atoms in total. The minimum absolute atomic E-state index is 0.242. The average Bonchev–Trinajstić information content (AvgIpc) is 2.66. The number of nitrogens with one attached hydrogen (secondary N) is 2. The molecule has 0 radical (unpaired) electrons. The summed E-state index contributed by atoms with van der Waals surface area (Å²) in [7, 11) is 0. The van der Waals surface area contributed by atoms with Crippen molar-refractivity contribution in [2.75, 3.05) is 10.6 Å². The summed E-state index contributed by atoms with van der Waals surface area (Å²) >= 11 is 12.0. The number of hydrogen-bond donors (Lipinski definition) is 2. The maximum atomic E-state index is 12.3. The van der Waals surface area contributed by atoms with Gasteiger partial charge in [0.05, 0.1) is 39.2 Å². The van der Waals surface area contributed by atoms with Crippen molar-refractivity contribution in [1.29, 1.82) is 5.26 Å². The molecule has 1 heterocycles. The Morgan fingerprint density at radius 1 is 1.00 bits per heavy atom. The van der Waals surface area contributed by atoms with Gasteiger partial charge >= 0.3 is 0 Å². The van der Waals surface area contributed by atoms with Gasteiger partial charge in [0, 0.05) is 5.69 Å². The van der Waals surface area contributed by atoms with E-state index < -0.39 is 0 Å². The van der Waals surface area contributed by atoms with Crippen molar-refractivity contribution in [1.82, 2.24) is 4.98 Å². The third kappa shape index (κ3) is 4.12. The van der Waals surface area contributed by atoms with E-state index >= 15 is 0 Å². The minimum Gasteiger partial charge on any atom is -0.354 e. The molecule has 3 rings (SSSR count). The van der Waals surface area contributed by atoms with E-state index in [4.69, 9.17) is 28.5 Å². The molecule has 0 bridgehead atoms. The molecule has 0 saturated heterocycles. The smallest absolute Gasteiger partial charge is 0.274 e. The zero-order valence-corrected chi connectivity index (χ0v) is 14.8. The van der Waals surface area contributed by atoms with E-state index in [2.05, 4.69) is 21.7 Å². The van der Waals surface area contributed by atoms with Gasteiger partial charge in [0.2, 0.25) is 0 Å². The van der Waals surface area contributed by atoms with Crippen molar-refractivity contribution in [3.05, 3.63) is 82.1 Å². The maximum absolute atomic E-state index is 12.3. The number of halogens is 2. The second-order valence-corrected chi connectivity index (χ2v) is 6.09. The number of carbonyl (C=O) groups is 1. The minimum atomic E-state index is -0.390. The molecule has 0 atom stereocenters. The lowest BCUT2D eigenvalue weighted by Crippen LogP contribution is -2.14. The highest BCUT2D eigenvalue weighted by Crippen LogP contribution is 2.29. The first-order chi connectivity index (χ1) is 12.6. The zero-order chi connectivity index (χ0) is 18.5. The Hall–Kier alpha value is -3.07. The molecule has 0 saturated carbocycles. The third-order valence-corrected chi connectivity index (χ3v) is 4.32. The molecule has 0 spiro atoms. The predicted molar refractivity (Wildman–Crippen MR) is 103 cm³/mol. The van der Waals surface area contributed by atoms with Crippen molar-refractivity contribution in [2.24, 2.45) is 0 Å². The summed E-state index contributed by atoms with van der Waals surface area (Å²) in [4.78, 5) is 16.4. The molecule has 26 heavy (non-hydrogen) atoms. The van der Waals surface area contributed by atoms with Crippen LogP contribution in [-0.2, 0) is 0 Å². The van der Waals surface area contributed by atoms with E-state index in [1.54, 1.807) is 60.8 Å². The molecule has 1 amide bonds. The van der Waals surface area contributed by atoms with Crippen LogP contribution in [-0.4, -0.2) is 10.9 Å². The topological polar surface area (TPSA) is 77.8 Å². The van der Waals surface area contributed by atoms with Gasteiger partial charge in [0.25, 0.3) is 5.91 Å². The Labute approximate surface area is 160 Å². The van der Waals surface area contributed by atoms with Gasteiger partial charge in [-0.2, -0.15) is 5.26 Å². The normalized spacial score (nSPS) is 10.0. The molecule has 1 aromatic heterocycles. The maximum Gasteiger partial charge on any atom is 0.274 e. The van der Waals surface area contributed by atoms with Gasteiger partial charge in [-0.05, 0) is 48.5 Å². The summed E-state index contributed by atoms with van der Waals surface area (Å²) in [6.45, 7) is 0. The lowest BCUT2D eigenvalue weighted by atomic mass is 10.2. The summed E-state index contributed by atoms with van der Waals surface area (Å²) in [5, 5.41) is 15.3. The van der Waals surface area contributed by atoms with Crippen LogP contribution in [0.2, 0.25) is 10.0 Å². The number of carbonyl (C=O) groups excluding carboxylic acids is 1. The molecular weight excluding hydrogens is 371 g/mol. The highest BCUT2D eigenvalue weighted by Gasteiger charge is 2.11. The summed E-state index contributed by atoms with van der Waals surface area (Å²) < 4.78 is 0. The number of benzene rings is 2. The van der Waals surface area contributed by atoms with Crippen molar-refractivity contribution < 1.29 is 4.79 Å². The van der Waals surface area contributed by atoms with Crippen LogP contribution in [0.25, 0.3) is 0 Å². The SMILES string of the molecule is N#Cc1ccc(Nc2ccc(C(=O)Nc3cccc(Cl)c3Cl)nc2)cc1. The number of anilines is 3. The molecule has 0 unspecified atom stereocenters. The Morgan fingerprint density at radius 2 is 1.73 bits per heavy atom. The second-order valence-electron chi connectivity index (χ2n) is 5.30. The Kier molecular flexibility index (Phi) is 5.37. The van der Waals surface area contributed by atoms with E-state index in [1.165, 1.54) is 0 Å². The standard InChI is InChI=1S/C19H12Cl2N4O/c20-15-2-1-3-16(18(15)21)25-19(26)17-9-8-14(11-23-17)24-13-6-4-12(10-22)5-7-13/h1-9,11,24H,(H,25,26). The van der Waals surface area contributed by atoms with Crippen LogP contribution in [0.3, 0.4) is 0 Å². The molecular formula is C19H12Cl2N4O. The first kappa shape index (κ1) is 17.7. The molecule has 0 aliphatic carbocycles. The van der Waals surface area contributed by atoms with Crippen molar-refractivity contribution in [3.63, 3.8) is 0 Å². The molecule has 2 N–H and O–H groups in total. The van der Waals surface area contributed by atoms with E-state index in [1.807, 2.05) is 0 Å². The van der Waals surface area contributed by atoms with Crippen LogP contribution in [0.1, 0.15) is 16.1 Å². The number of hydrogen-bond acceptors (Lipinski definition) is 4. The van der Waals surface area contributed by atoms with Crippen LogP contribution in [0.4, 0.5) is 17.1 Å². The fraction of sp³-hybridized carbons (Fsp3) is 0. The van der Waals surface area contributed by atoms with E-state index in [-0.39, 0.29) is 16.6 Å². The van der Waals surface area contributed by atoms with Crippen LogP contribution in [0, 0.1) is 11.3 Å². The largest absolute Gasteiger partial charge is 0.354 e. The van der Waals surface area contributed by atoms with Crippen LogP contribution >= 0.6 is 23.2 Å². The summed E-state index contributed by atoms with van der Waals surface area (Å²) in [5.74, 6) is -0.390. The average molecular weight is 383 g/mol. The molecule has 128 valence electrons. The lowest BCUT2D eigenvalue weighted by Gasteiger charge is -2.09. The van der Waals surface area contributed by atoms with Crippen LogP contribution in [0.15, 0.2) is 60.8 Å². The van der Waals surface area contributed by atoms with Crippen LogP contribution in [0.5, 0.6) is 0 Å². The van der Waals surface area contributed by atoms with Crippen molar-refractivity contribution in [2.45, 2.75) is 0 Å². The third-order valence-electron chi connectivity index (χ3n) is 3.50. The molecule has 7 heteroatoms. The van der Waals surface area contributed by atoms with Gasteiger partial charge in [0.1, 0.15) is 5.69 Å². The lowest BCUT2D eigenvalue weighted by molar-refractivity contribution is 0.102. The monoisotopic (exact) mass is 382 g/mol. The second kappa shape index (κ2) is 7.87. The van der Waals surface area contributed by atoms with Gasteiger partial charge in [-0.3, -0.25) is 4.79 Å². The van der Waals surface area contributed by atoms with Gasteiger partial charge < -0.3 is 10.6 Å². The molecule has 3 aromatic rings. The van der Waals surface area contributed by atoms with E-state index in [0.717, 1.165) is 5.69 Å².